The number of ether oxygens (including phenoxy) is 1. The zero-order valence-corrected chi connectivity index (χ0v) is 19.0. The molecule has 0 radical (unpaired) electrons. The first kappa shape index (κ1) is 23.8. The van der Waals surface area contributed by atoms with E-state index in [2.05, 4.69) is 10.3 Å². The molecule has 1 atom stereocenters. The van der Waals surface area contributed by atoms with Gasteiger partial charge in [-0.1, -0.05) is 0 Å². The van der Waals surface area contributed by atoms with Crippen LogP contribution in [0, 0.1) is 6.92 Å². The van der Waals surface area contributed by atoms with Crippen LogP contribution in [-0.4, -0.2) is 46.3 Å². The second-order valence-corrected chi connectivity index (χ2v) is 9.72. The number of aromatic nitrogens is 1. The van der Waals surface area contributed by atoms with E-state index in [1.165, 1.54) is 28.4 Å². The molecule has 0 bridgehead atoms. The third-order valence-corrected chi connectivity index (χ3v) is 5.51. The predicted octanol–water partition coefficient (Wildman–Crippen LogP) is 4.49. The Bertz CT molecular complexity index is 1050. The minimum atomic E-state index is -4.42. The number of amides is 3. The van der Waals surface area contributed by atoms with Crippen molar-refractivity contribution in [1.82, 2.24) is 14.8 Å². The van der Waals surface area contributed by atoms with E-state index in [4.69, 9.17) is 4.74 Å². The standard InChI is InChI=1S/C21H25F3N4O3S/c1-13-11-28(16-7-5-14(6-8-16)21(22,23)24)18(32-13)26-17(29)27-10-9-15(12-27)25-19(30)31-20(2,3)4/h5-8,11,15H,9-10,12H2,1-4H3,(H,25,30)/t15-/m0/s1. The first-order valence-electron chi connectivity index (χ1n) is 10.0. The number of carbonyl (C=O) groups excluding carboxylic acids is 2. The Labute approximate surface area is 187 Å². The minimum Gasteiger partial charge on any atom is -0.444 e. The summed E-state index contributed by atoms with van der Waals surface area (Å²) < 4.78 is 45.3. The Morgan fingerprint density at radius 1 is 1.19 bits per heavy atom. The van der Waals surface area contributed by atoms with Gasteiger partial charge in [0.05, 0.1) is 11.6 Å². The minimum absolute atomic E-state index is 0.240. The van der Waals surface area contributed by atoms with Crippen LogP contribution < -0.4 is 10.1 Å². The molecule has 32 heavy (non-hydrogen) atoms. The lowest BCUT2D eigenvalue weighted by atomic mass is 10.2. The van der Waals surface area contributed by atoms with Crippen molar-refractivity contribution in [1.29, 1.82) is 0 Å². The molecule has 7 nitrogen and oxygen atoms in total. The van der Waals surface area contributed by atoms with E-state index in [1.807, 2.05) is 6.92 Å². The molecule has 1 aromatic carbocycles. The lowest BCUT2D eigenvalue weighted by Crippen LogP contribution is -2.41. The van der Waals surface area contributed by atoms with Crippen LogP contribution in [-0.2, 0) is 10.9 Å². The quantitative estimate of drug-likeness (QED) is 0.703. The molecule has 1 fully saturated rings. The van der Waals surface area contributed by atoms with Gasteiger partial charge in [-0.15, -0.1) is 11.3 Å². The van der Waals surface area contributed by atoms with Gasteiger partial charge in [-0.2, -0.15) is 18.2 Å². The number of nitrogens with zero attached hydrogens (tertiary/aromatic N) is 3. The van der Waals surface area contributed by atoms with Gasteiger partial charge in [0.1, 0.15) is 5.60 Å². The summed E-state index contributed by atoms with van der Waals surface area (Å²) in [6, 6.07) is 3.96. The van der Waals surface area contributed by atoms with Crippen molar-refractivity contribution < 1.29 is 27.5 Å². The largest absolute Gasteiger partial charge is 0.444 e. The number of carbonyl (C=O) groups is 2. The molecule has 3 rings (SSSR count). The van der Waals surface area contributed by atoms with E-state index >= 15 is 0 Å². The van der Waals surface area contributed by atoms with Crippen molar-refractivity contribution >= 4 is 23.5 Å². The van der Waals surface area contributed by atoms with Gasteiger partial charge in [0.2, 0.25) is 0 Å². The van der Waals surface area contributed by atoms with Gasteiger partial charge in [-0.25, -0.2) is 9.59 Å². The number of rotatable bonds is 2. The number of hydrogen-bond acceptors (Lipinski definition) is 4. The van der Waals surface area contributed by atoms with Crippen LogP contribution >= 0.6 is 11.3 Å². The fourth-order valence-corrected chi connectivity index (χ4v) is 4.03. The van der Waals surface area contributed by atoms with Crippen LogP contribution in [0.1, 0.15) is 37.6 Å². The van der Waals surface area contributed by atoms with Crippen LogP contribution in [0.25, 0.3) is 5.69 Å². The molecular weight excluding hydrogens is 445 g/mol. The Morgan fingerprint density at radius 2 is 1.84 bits per heavy atom. The fourth-order valence-electron chi connectivity index (χ4n) is 3.21. The molecule has 0 unspecified atom stereocenters. The molecule has 1 N–H and O–H groups in total. The number of benzene rings is 1. The zero-order chi connectivity index (χ0) is 23.7. The maximum Gasteiger partial charge on any atom is 0.416 e. The molecule has 1 aromatic heterocycles. The normalized spacial score (nSPS) is 17.5. The highest BCUT2D eigenvalue weighted by Gasteiger charge is 2.30. The second kappa shape index (κ2) is 8.97. The highest BCUT2D eigenvalue weighted by atomic mass is 32.1. The molecule has 3 amide bonds. The van der Waals surface area contributed by atoms with E-state index in [1.54, 1.807) is 31.5 Å². The molecule has 1 aliphatic heterocycles. The van der Waals surface area contributed by atoms with Crippen molar-refractivity contribution in [3.8, 4) is 5.69 Å². The number of hydrogen-bond donors (Lipinski definition) is 1. The first-order chi connectivity index (χ1) is 14.8. The number of aryl methyl sites for hydroxylation is 1. The number of urea groups is 1. The van der Waals surface area contributed by atoms with Gasteiger partial charge >= 0.3 is 18.3 Å². The Hall–Kier alpha value is -2.82. The number of nitrogens with one attached hydrogen (secondary N) is 1. The number of thiazole rings is 1. The van der Waals surface area contributed by atoms with Crippen molar-refractivity contribution in [2.45, 2.75) is 51.9 Å². The number of likely N-dealkylation sites (tertiary alicyclic amines) is 1. The summed E-state index contributed by atoms with van der Waals surface area (Å²) >= 11 is 1.26. The van der Waals surface area contributed by atoms with Crippen LogP contribution in [0.5, 0.6) is 0 Å². The Balaban J connectivity index is 1.73. The van der Waals surface area contributed by atoms with E-state index < -0.39 is 29.5 Å². The van der Waals surface area contributed by atoms with Gasteiger partial charge in [-0.05, 0) is 58.4 Å². The molecule has 2 heterocycles. The molecular formula is C21H25F3N4O3S. The van der Waals surface area contributed by atoms with Crippen LogP contribution in [0.2, 0.25) is 0 Å². The molecule has 1 saturated heterocycles. The highest BCUT2D eigenvalue weighted by Crippen LogP contribution is 2.29. The molecule has 0 aliphatic carbocycles. The molecule has 0 saturated carbocycles. The SMILES string of the molecule is Cc1cn(-c2ccc(C(F)(F)F)cc2)c(=NC(=O)N2CC[C@H](NC(=O)OC(C)(C)C)C2)s1. The van der Waals surface area contributed by atoms with E-state index in [9.17, 15) is 22.8 Å². The van der Waals surface area contributed by atoms with Gasteiger partial charge < -0.3 is 15.0 Å². The summed E-state index contributed by atoms with van der Waals surface area (Å²) in [4.78, 5) is 31.6. The maximum atomic E-state index is 12.8. The summed E-state index contributed by atoms with van der Waals surface area (Å²) in [6.07, 6.45) is -2.67. The van der Waals surface area contributed by atoms with Crippen molar-refractivity contribution in [2.24, 2.45) is 4.99 Å². The number of alkyl carbamates (subject to hydrolysis) is 1. The predicted molar refractivity (Wildman–Crippen MR) is 114 cm³/mol. The van der Waals surface area contributed by atoms with Crippen molar-refractivity contribution in [3.05, 3.63) is 45.7 Å². The van der Waals surface area contributed by atoms with Crippen LogP contribution in [0.3, 0.4) is 0 Å². The summed E-state index contributed by atoms with van der Waals surface area (Å²) in [5.74, 6) is 0. The fraction of sp³-hybridized carbons (Fsp3) is 0.476. The van der Waals surface area contributed by atoms with Crippen molar-refractivity contribution in [3.63, 3.8) is 0 Å². The lowest BCUT2D eigenvalue weighted by Gasteiger charge is -2.21. The monoisotopic (exact) mass is 470 g/mol. The molecule has 174 valence electrons. The third-order valence-electron chi connectivity index (χ3n) is 4.61. The molecule has 1 aliphatic rings. The topological polar surface area (TPSA) is 75.9 Å². The third kappa shape index (κ3) is 6.12. The average Bonchev–Trinajstić information content (AvgIpc) is 3.26. The number of halogens is 3. The second-order valence-electron chi connectivity index (χ2n) is 8.51. The summed E-state index contributed by atoms with van der Waals surface area (Å²) in [5, 5.41) is 2.75. The van der Waals surface area contributed by atoms with Crippen molar-refractivity contribution in [2.75, 3.05) is 13.1 Å². The Kier molecular flexibility index (Phi) is 6.68. The van der Waals surface area contributed by atoms with Gasteiger partial charge in [0.15, 0.2) is 4.80 Å². The summed E-state index contributed by atoms with van der Waals surface area (Å²) in [7, 11) is 0. The summed E-state index contributed by atoms with van der Waals surface area (Å²) in [6.45, 7) is 7.85. The Morgan fingerprint density at radius 3 is 2.44 bits per heavy atom. The van der Waals surface area contributed by atoms with E-state index in [0.717, 1.165) is 17.0 Å². The lowest BCUT2D eigenvalue weighted by molar-refractivity contribution is -0.137. The van der Waals surface area contributed by atoms with Crippen LogP contribution in [0.4, 0.5) is 22.8 Å². The van der Waals surface area contributed by atoms with Gasteiger partial charge in [0.25, 0.3) is 0 Å². The van der Waals surface area contributed by atoms with Crippen LogP contribution in [0.15, 0.2) is 35.5 Å². The van der Waals surface area contributed by atoms with Gasteiger partial charge in [-0.3, -0.25) is 4.57 Å². The molecule has 11 heteroatoms. The van der Waals surface area contributed by atoms with E-state index in [-0.39, 0.29) is 6.04 Å². The number of alkyl halides is 3. The maximum absolute atomic E-state index is 12.8. The summed E-state index contributed by atoms with van der Waals surface area (Å²) in [5.41, 5.74) is -0.889. The van der Waals surface area contributed by atoms with Gasteiger partial charge in [0, 0.05) is 29.9 Å². The first-order valence-corrected chi connectivity index (χ1v) is 10.8. The molecule has 0 spiro atoms. The smallest absolute Gasteiger partial charge is 0.416 e. The molecule has 2 aromatic rings. The highest BCUT2D eigenvalue weighted by molar-refractivity contribution is 7.09. The average molecular weight is 471 g/mol. The zero-order valence-electron chi connectivity index (χ0n) is 18.2. The van der Waals surface area contributed by atoms with E-state index in [0.29, 0.717) is 30.0 Å².